The highest BCUT2D eigenvalue weighted by Crippen LogP contribution is 2.14. The summed E-state index contributed by atoms with van der Waals surface area (Å²) < 4.78 is 5.22. The molecule has 1 amide bonds. The number of carbonyl (C=O) groups excluding carboxylic acids is 1. The summed E-state index contributed by atoms with van der Waals surface area (Å²) in [7, 11) is 1.65. The second-order valence-electron chi connectivity index (χ2n) is 6.79. The number of benzene rings is 1. The summed E-state index contributed by atoms with van der Waals surface area (Å²) in [4.78, 5) is 16.9. The van der Waals surface area contributed by atoms with Crippen molar-refractivity contribution in [2.45, 2.75) is 33.1 Å². The van der Waals surface area contributed by atoms with Crippen molar-refractivity contribution in [3.63, 3.8) is 0 Å². The van der Waals surface area contributed by atoms with Crippen LogP contribution in [0.5, 0.6) is 5.75 Å². The van der Waals surface area contributed by atoms with Crippen molar-refractivity contribution in [1.29, 1.82) is 0 Å². The van der Waals surface area contributed by atoms with E-state index in [0.717, 1.165) is 50.0 Å². The third-order valence-corrected chi connectivity index (χ3v) is 4.47. The van der Waals surface area contributed by atoms with Gasteiger partial charge in [-0.25, -0.2) is 0 Å². The maximum absolute atomic E-state index is 12.4. The van der Waals surface area contributed by atoms with Gasteiger partial charge in [-0.05, 0) is 43.0 Å². The van der Waals surface area contributed by atoms with Crippen molar-refractivity contribution in [2.75, 3.05) is 39.8 Å². The summed E-state index contributed by atoms with van der Waals surface area (Å²) in [6, 6.07) is 7.78. The van der Waals surface area contributed by atoms with Crippen LogP contribution in [0.1, 0.15) is 32.3 Å². The van der Waals surface area contributed by atoms with E-state index in [0.29, 0.717) is 6.42 Å². The van der Waals surface area contributed by atoms with Crippen LogP contribution >= 0.6 is 0 Å². The topological polar surface area (TPSA) is 32.8 Å². The number of nitrogens with zero attached hydrogens (tertiary/aromatic N) is 2. The van der Waals surface area contributed by atoms with E-state index in [2.05, 4.69) is 18.7 Å². The smallest absolute Gasteiger partial charge is 0.227 e. The van der Waals surface area contributed by atoms with E-state index in [9.17, 15) is 4.79 Å². The van der Waals surface area contributed by atoms with Crippen LogP contribution in [-0.2, 0) is 11.2 Å². The van der Waals surface area contributed by atoms with E-state index in [1.807, 2.05) is 29.2 Å². The molecule has 2 rings (SSSR count). The molecule has 1 fully saturated rings. The highest BCUT2D eigenvalue weighted by Gasteiger charge is 2.20. The Labute approximate surface area is 140 Å². The van der Waals surface area contributed by atoms with Gasteiger partial charge in [-0.2, -0.15) is 0 Å². The van der Waals surface area contributed by atoms with E-state index >= 15 is 0 Å². The van der Waals surface area contributed by atoms with Crippen molar-refractivity contribution in [2.24, 2.45) is 5.92 Å². The van der Waals surface area contributed by atoms with E-state index in [1.54, 1.807) is 7.11 Å². The maximum atomic E-state index is 12.4. The second kappa shape index (κ2) is 8.92. The molecule has 1 aliphatic rings. The van der Waals surface area contributed by atoms with Gasteiger partial charge in [0.15, 0.2) is 0 Å². The van der Waals surface area contributed by atoms with Gasteiger partial charge in [-0.15, -0.1) is 0 Å². The minimum Gasteiger partial charge on any atom is -0.497 e. The molecule has 1 saturated heterocycles. The molecule has 0 radical (unpaired) electrons. The molecule has 4 heteroatoms. The van der Waals surface area contributed by atoms with Gasteiger partial charge >= 0.3 is 0 Å². The molecule has 128 valence electrons. The predicted octanol–water partition coefficient (Wildman–Crippen LogP) is 2.82. The maximum Gasteiger partial charge on any atom is 0.227 e. The normalized spacial score (nSPS) is 15.9. The first-order valence-corrected chi connectivity index (χ1v) is 8.71. The zero-order chi connectivity index (χ0) is 16.7. The van der Waals surface area contributed by atoms with Crippen LogP contribution in [0.2, 0.25) is 0 Å². The largest absolute Gasteiger partial charge is 0.497 e. The standard InChI is InChI=1S/C19H30N2O2/c1-16(2)6-5-9-20-10-12-21(13-11-20)19(22)15-17-7-4-8-18(14-17)23-3/h4,7-8,14,16H,5-6,9-13,15H2,1-3H3. The highest BCUT2D eigenvalue weighted by molar-refractivity contribution is 5.79. The molecule has 1 heterocycles. The number of carbonyl (C=O) groups is 1. The lowest BCUT2D eigenvalue weighted by atomic mass is 10.1. The molecule has 0 saturated carbocycles. The molecule has 1 aromatic carbocycles. The van der Waals surface area contributed by atoms with Crippen molar-refractivity contribution in [3.05, 3.63) is 29.8 Å². The van der Waals surface area contributed by atoms with E-state index in [4.69, 9.17) is 4.74 Å². The van der Waals surface area contributed by atoms with Crippen molar-refractivity contribution < 1.29 is 9.53 Å². The second-order valence-corrected chi connectivity index (χ2v) is 6.79. The van der Waals surface area contributed by atoms with Gasteiger partial charge in [0.2, 0.25) is 5.91 Å². The molecular weight excluding hydrogens is 288 g/mol. The lowest BCUT2D eigenvalue weighted by Gasteiger charge is -2.35. The summed E-state index contributed by atoms with van der Waals surface area (Å²) in [5, 5.41) is 0. The zero-order valence-electron chi connectivity index (χ0n) is 14.8. The van der Waals surface area contributed by atoms with Gasteiger partial charge in [0.05, 0.1) is 13.5 Å². The molecule has 23 heavy (non-hydrogen) atoms. The van der Waals surface area contributed by atoms with Crippen LogP contribution in [0, 0.1) is 5.92 Å². The SMILES string of the molecule is COc1cccc(CC(=O)N2CCN(CCCC(C)C)CC2)c1. The van der Waals surface area contributed by atoms with Crippen LogP contribution in [-0.4, -0.2) is 55.5 Å². The first-order valence-electron chi connectivity index (χ1n) is 8.71. The Morgan fingerprint density at radius 3 is 2.61 bits per heavy atom. The molecule has 0 aliphatic carbocycles. The Hall–Kier alpha value is -1.55. The molecule has 1 aliphatic heterocycles. The van der Waals surface area contributed by atoms with E-state index in [1.165, 1.54) is 12.8 Å². The zero-order valence-corrected chi connectivity index (χ0v) is 14.8. The Bertz CT molecular complexity index is 494. The third-order valence-electron chi connectivity index (χ3n) is 4.47. The van der Waals surface area contributed by atoms with Crippen molar-refractivity contribution in [3.8, 4) is 5.75 Å². The van der Waals surface area contributed by atoms with Gasteiger partial charge in [0, 0.05) is 26.2 Å². The van der Waals surface area contributed by atoms with Crippen LogP contribution in [0.3, 0.4) is 0 Å². The summed E-state index contributed by atoms with van der Waals surface area (Å²) in [6.45, 7) is 9.42. The summed E-state index contributed by atoms with van der Waals surface area (Å²) >= 11 is 0. The number of hydrogen-bond donors (Lipinski definition) is 0. The van der Waals surface area contributed by atoms with Crippen LogP contribution in [0.15, 0.2) is 24.3 Å². The lowest BCUT2D eigenvalue weighted by Crippen LogP contribution is -2.49. The fourth-order valence-electron chi connectivity index (χ4n) is 3.01. The summed E-state index contributed by atoms with van der Waals surface area (Å²) in [5.74, 6) is 1.81. The third kappa shape index (κ3) is 5.87. The minimum atomic E-state index is 0.222. The lowest BCUT2D eigenvalue weighted by molar-refractivity contribution is -0.132. The number of hydrogen-bond acceptors (Lipinski definition) is 3. The number of methoxy groups -OCH3 is 1. The van der Waals surface area contributed by atoms with Gasteiger partial charge in [-0.3, -0.25) is 9.69 Å². The Morgan fingerprint density at radius 2 is 1.96 bits per heavy atom. The van der Waals surface area contributed by atoms with Crippen molar-refractivity contribution >= 4 is 5.91 Å². The summed E-state index contributed by atoms with van der Waals surface area (Å²) in [6.07, 6.45) is 3.01. The van der Waals surface area contributed by atoms with Gasteiger partial charge < -0.3 is 9.64 Å². The number of piperazine rings is 1. The molecule has 1 aromatic rings. The quantitative estimate of drug-likeness (QED) is 0.775. The van der Waals surface area contributed by atoms with Gasteiger partial charge in [0.1, 0.15) is 5.75 Å². The molecular formula is C19H30N2O2. The molecule has 0 spiro atoms. The van der Waals surface area contributed by atoms with E-state index in [-0.39, 0.29) is 5.91 Å². The van der Waals surface area contributed by atoms with Crippen LogP contribution < -0.4 is 4.74 Å². The molecule has 4 nitrogen and oxygen atoms in total. The summed E-state index contributed by atoms with van der Waals surface area (Å²) in [5.41, 5.74) is 1.02. The fraction of sp³-hybridized carbons (Fsp3) is 0.632. The monoisotopic (exact) mass is 318 g/mol. The van der Waals surface area contributed by atoms with Crippen LogP contribution in [0.25, 0.3) is 0 Å². The predicted molar refractivity (Wildman–Crippen MR) is 93.8 cm³/mol. The number of rotatable bonds is 7. The number of amides is 1. The van der Waals surface area contributed by atoms with Crippen molar-refractivity contribution in [1.82, 2.24) is 9.80 Å². The molecule has 0 atom stereocenters. The van der Waals surface area contributed by atoms with Gasteiger partial charge in [0.25, 0.3) is 0 Å². The molecule has 0 unspecified atom stereocenters. The Morgan fingerprint density at radius 1 is 1.22 bits per heavy atom. The first kappa shape index (κ1) is 17.8. The number of ether oxygens (including phenoxy) is 1. The highest BCUT2D eigenvalue weighted by atomic mass is 16.5. The minimum absolute atomic E-state index is 0.222. The molecule has 0 bridgehead atoms. The average molecular weight is 318 g/mol. The fourth-order valence-corrected chi connectivity index (χ4v) is 3.01. The Balaban J connectivity index is 1.75. The average Bonchev–Trinajstić information content (AvgIpc) is 2.55. The molecule has 0 aromatic heterocycles. The van der Waals surface area contributed by atoms with Gasteiger partial charge in [-0.1, -0.05) is 26.0 Å². The first-order chi connectivity index (χ1) is 11.1. The molecule has 0 N–H and O–H groups in total. The van der Waals surface area contributed by atoms with E-state index < -0.39 is 0 Å². The van der Waals surface area contributed by atoms with Crippen LogP contribution in [0.4, 0.5) is 0 Å². The Kier molecular flexibility index (Phi) is 6.90.